The van der Waals surface area contributed by atoms with Gasteiger partial charge in [0.2, 0.25) is 0 Å². The first-order chi connectivity index (χ1) is 15.4. The average Bonchev–Trinajstić information content (AvgIpc) is 3.21. The van der Waals surface area contributed by atoms with Gasteiger partial charge in [0.1, 0.15) is 5.82 Å². The molecule has 1 saturated heterocycles. The third-order valence-electron chi connectivity index (χ3n) is 5.84. The highest BCUT2D eigenvalue weighted by atomic mass is 19.1. The van der Waals surface area contributed by atoms with Crippen LogP contribution in [0.3, 0.4) is 0 Å². The monoisotopic (exact) mass is 440 g/mol. The average molecular weight is 441 g/mol. The molecule has 1 aliphatic rings. The van der Waals surface area contributed by atoms with E-state index in [0.717, 1.165) is 49.4 Å². The maximum absolute atomic E-state index is 13.4. The van der Waals surface area contributed by atoms with Crippen LogP contribution in [0.25, 0.3) is 10.9 Å². The number of fused-ring (bicyclic) bond motifs is 1. The standard InChI is InChI=1S/C24H29FN4O3/c1-16(15-32-22-7-4-18(17(2)30)12-23(22)31-3)14-28-8-10-29(11-9-28)24-20-6-5-19(25)13-21(20)26-27-24/h4-7,12-13,16H,8-11,14-15H2,1-3H3,(H,26,27). The van der Waals surface area contributed by atoms with Crippen molar-refractivity contribution in [3.8, 4) is 11.5 Å². The number of hydrogen-bond acceptors (Lipinski definition) is 6. The molecule has 32 heavy (non-hydrogen) atoms. The number of halogens is 1. The molecule has 1 aromatic heterocycles. The predicted molar refractivity (Wildman–Crippen MR) is 122 cm³/mol. The van der Waals surface area contributed by atoms with Crippen molar-refractivity contribution in [2.24, 2.45) is 5.92 Å². The van der Waals surface area contributed by atoms with Gasteiger partial charge in [0.15, 0.2) is 23.1 Å². The van der Waals surface area contributed by atoms with Gasteiger partial charge in [0, 0.05) is 49.6 Å². The number of H-pyrrole nitrogens is 1. The highest BCUT2D eigenvalue weighted by Crippen LogP contribution is 2.29. The zero-order valence-corrected chi connectivity index (χ0v) is 18.7. The molecule has 2 aromatic carbocycles. The highest BCUT2D eigenvalue weighted by Gasteiger charge is 2.22. The summed E-state index contributed by atoms with van der Waals surface area (Å²) in [5.74, 6) is 2.17. The number of ether oxygens (including phenoxy) is 2. The van der Waals surface area contributed by atoms with Gasteiger partial charge in [-0.15, -0.1) is 0 Å². The fourth-order valence-corrected chi connectivity index (χ4v) is 4.09. The normalized spacial score (nSPS) is 15.7. The number of piperazine rings is 1. The van der Waals surface area contributed by atoms with E-state index in [1.165, 1.54) is 19.1 Å². The number of carbonyl (C=O) groups is 1. The minimum Gasteiger partial charge on any atom is -0.493 e. The molecule has 1 aliphatic heterocycles. The summed E-state index contributed by atoms with van der Waals surface area (Å²) in [4.78, 5) is 16.2. The Hall–Kier alpha value is -3.13. The summed E-state index contributed by atoms with van der Waals surface area (Å²) in [6, 6.07) is 10.0. The zero-order valence-electron chi connectivity index (χ0n) is 18.7. The van der Waals surface area contributed by atoms with E-state index in [2.05, 4.69) is 26.9 Å². The van der Waals surface area contributed by atoms with Crippen molar-refractivity contribution in [3.63, 3.8) is 0 Å². The Kier molecular flexibility index (Phi) is 6.60. The van der Waals surface area contributed by atoms with Gasteiger partial charge >= 0.3 is 0 Å². The number of ketones is 1. The molecule has 170 valence electrons. The maximum Gasteiger partial charge on any atom is 0.161 e. The topological polar surface area (TPSA) is 70.7 Å². The second-order valence-electron chi connectivity index (χ2n) is 8.36. The van der Waals surface area contributed by atoms with Crippen LogP contribution in [0.5, 0.6) is 11.5 Å². The second kappa shape index (κ2) is 9.56. The van der Waals surface area contributed by atoms with Gasteiger partial charge in [-0.3, -0.25) is 14.8 Å². The number of hydrogen-bond donors (Lipinski definition) is 1. The summed E-state index contributed by atoms with van der Waals surface area (Å²) < 4.78 is 24.8. The van der Waals surface area contributed by atoms with Gasteiger partial charge in [-0.1, -0.05) is 6.92 Å². The molecule has 1 unspecified atom stereocenters. The van der Waals surface area contributed by atoms with Gasteiger partial charge in [0.05, 0.1) is 19.2 Å². The third-order valence-corrected chi connectivity index (χ3v) is 5.84. The fourth-order valence-electron chi connectivity index (χ4n) is 4.09. The molecule has 0 radical (unpaired) electrons. The van der Waals surface area contributed by atoms with E-state index in [-0.39, 0.29) is 11.6 Å². The van der Waals surface area contributed by atoms with E-state index < -0.39 is 0 Å². The summed E-state index contributed by atoms with van der Waals surface area (Å²) in [5, 5.41) is 8.29. The molecule has 0 spiro atoms. The van der Waals surface area contributed by atoms with E-state index in [9.17, 15) is 9.18 Å². The molecule has 1 fully saturated rings. The highest BCUT2D eigenvalue weighted by molar-refractivity contribution is 5.94. The smallest absolute Gasteiger partial charge is 0.161 e. The molecular weight excluding hydrogens is 411 g/mol. The number of nitrogens with zero attached hydrogens (tertiary/aromatic N) is 3. The van der Waals surface area contributed by atoms with E-state index in [0.29, 0.717) is 29.6 Å². The first-order valence-electron chi connectivity index (χ1n) is 10.9. The minimum absolute atomic E-state index is 0.00244. The Labute approximate surface area is 187 Å². The van der Waals surface area contributed by atoms with Gasteiger partial charge < -0.3 is 14.4 Å². The number of nitrogens with one attached hydrogen (secondary N) is 1. The van der Waals surface area contributed by atoms with Crippen molar-refractivity contribution in [2.75, 3.05) is 51.3 Å². The van der Waals surface area contributed by atoms with Crippen molar-refractivity contribution in [3.05, 3.63) is 47.8 Å². The number of carbonyl (C=O) groups excluding carboxylic acids is 1. The SMILES string of the molecule is COc1cc(C(C)=O)ccc1OCC(C)CN1CCN(c2n[nH]c3cc(F)ccc23)CC1. The lowest BCUT2D eigenvalue weighted by molar-refractivity contribution is 0.101. The Morgan fingerprint density at radius 3 is 2.66 bits per heavy atom. The lowest BCUT2D eigenvalue weighted by atomic mass is 10.1. The van der Waals surface area contributed by atoms with Crippen LogP contribution in [0.15, 0.2) is 36.4 Å². The zero-order chi connectivity index (χ0) is 22.7. The van der Waals surface area contributed by atoms with Gasteiger partial charge in [-0.05, 0) is 43.3 Å². The molecule has 2 heterocycles. The number of rotatable bonds is 8. The third kappa shape index (κ3) is 4.85. The van der Waals surface area contributed by atoms with Crippen LogP contribution in [-0.2, 0) is 0 Å². The van der Waals surface area contributed by atoms with Crippen molar-refractivity contribution in [1.82, 2.24) is 15.1 Å². The van der Waals surface area contributed by atoms with Gasteiger partial charge in [-0.25, -0.2) is 4.39 Å². The Morgan fingerprint density at radius 2 is 1.94 bits per heavy atom. The van der Waals surface area contributed by atoms with Crippen LogP contribution in [0.2, 0.25) is 0 Å². The van der Waals surface area contributed by atoms with Crippen molar-refractivity contribution < 1.29 is 18.7 Å². The summed E-state index contributed by atoms with van der Waals surface area (Å²) >= 11 is 0. The Bertz CT molecular complexity index is 1090. The molecular formula is C24H29FN4O3. The van der Waals surface area contributed by atoms with Crippen molar-refractivity contribution in [2.45, 2.75) is 13.8 Å². The number of benzene rings is 2. The molecule has 3 aromatic rings. The summed E-state index contributed by atoms with van der Waals surface area (Å²) in [7, 11) is 1.58. The lowest BCUT2D eigenvalue weighted by Crippen LogP contribution is -2.48. The molecule has 0 amide bonds. The minimum atomic E-state index is -0.263. The van der Waals surface area contributed by atoms with E-state index in [4.69, 9.17) is 9.47 Å². The molecule has 1 N–H and O–H groups in total. The quantitative estimate of drug-likeness (QED) is 0.538. The molecule has 7 nitrogen and oxygen atoms in total. The van der Waals surface area contributed by atoms with Gasteiger partial charge in [-0.2, -0.15) is 5.10 Å². The molecule has 0 saturated carbocycles. The van der Waals surface area contributed by atoms with Crippen molar-refractivity contribution >= 4 is 22.5 Å². The lowest BCUT2D eigenvalue weighted by Gasteiger charge is -2.36. The first kappa shape index (κ1) is 22.1. The van der Waals surface area contributed by atoms with Gasteiger partial charge in [0.25, 0.3) is 0 Å². The number of anilines is 1. The van der Waals surface area contributed by atoms with Crippen LogP contribution < -0.4 is 14.4 Å². The second-order valence-corrected chi connectivity index (χ2v) is 8.36. The molecule has 4 rings (SSSR count). The van der Waals surface area contributed by atoms with E-state index in [1.54, 1.807) is 31.4 Å². The van der Waals surface area contributed by atoms with Crippen LogP contribution in [0, 0.1) is 11.7 Å². The summed E-state index contributed by atoms with van der Waals surface area (Å²) in [6.07, 6.45) is 0. The van der Waals surface area contributed by atoms with Crippen LogP contribution >= 0.6 is 0 Å². The number of aromatic nitrogens is 2. The number of Topliss-reactive ketones (excluding diaryl/α,β-unsaturated/α-hetero) is 1. The molecule has 1 atom stereocenters. The Balaban J connectivity index is 1.28. The van der Waals surface area contributed by atoms with Crippen LogP contribution in [0.4, 0.5) is 10.2 Å². The number of methoxy groups -OCH3 is 1. The first-order valence-corrected chi connectivity index (χ1v) is 10.9. The summed E-state index contributed by atoms with van der Waals surface area (Å²) in [5.41, 5.74) is 1.33. The molecule has 0 aliphatic carbocycles. The van der Waals surface area contributed by atoms with E-state index in [1.807, 2.05) is 0 Å². The predicted octanol–water partition coefficient (Wildman–Crippen LogP) is 3.75. The molecule has 0 bridgehead atoms. The number of aromatic amines is 1. The largest absolute Gasteiger partial charge is 0.493 e. The van der Waals surface area contributed by atoms with E-state index >= 15 is 0 Å². The van der Waals surface area contributed by atoms with Crippen LogP contribution in [-0.4, -0.2) is 67.3 Å². The fraction of sp³-hybridized carbons (Fsp3) is 0.417. The Morgan fingerprint density at radius 1 is 1.16 bits per heavy atom. The molecule has 8 heteroatoms. The van der Waals surface area contributed by atoms with Crippen molar-refractivity contribution in [1.29, 1.82) is 0 Å². The van der Waals surface area contributed by atoms with Crippen LogP contribution in [0.1, 0.15) is 24.2 Å². The summed E-state index contributed by atoms with van der Waals surface area (Å²) in [6.45, 7) is 8.77. The maximum atomic E-state index is 13.4.